The fourth-order valence-electron chi connectivity index (χ4n) is 2.35. The predicted molar refractivity (Wildman–Crippen MR) is 85.5 cm³/mol. The molecule has 1 atom stereocenters. The lowest BCUT2D eigenvalue weighted by Crippen LogP contribution is -2.18. The van der Waals surface area contributed by atoms with Crippen molar-refractivity contribution in [1.29, 1.82) is 0 Å². The van der Waals surface area contributed by atoms with Crippen LogP contribution in [-0.2, 0) is 6.42 Å². The van der Waals surface area contributed by atoms with Gasteiger partial charge in [-0.1, -0.05) is 12.1 Å². The molecule has 0 amide bonds. The van der Waals surface area contributed by atoms with E-state index in [0.717, 1.165) is 29.0 Å². The van der Waals surface area contributed by atoms with E-state index in [4.69, 9.17) is 4.74 Å². The van der Waals surface area contributed by atoms with Crippen LogP contribution in [0, 0.1) is 12.7 Å². The lowest BCUT2D eigenvalue weighted by molar-refractivity contribution is 0.340. The monoisotopic (exact) mass is 287 g/mol. The van der Waals surface area contributed by atoms with Gasteiger partial charge in [-0.2, -0.15) is 0 Å². The Balaban J connectivity index is 1.98. The second-order valence-electron chi connectivity index (χ2n) is 5.29. The molecule has 2 aromatic rings. The van der Waals surface area contributed by atoms with Gasteiger partial charge in [-0.3, -0.25) is 0 Å². The number of nitrogens with one attached hydrogen (secondary N) is 1. The number of halogens is 1. The molecular weight excluding hydrogens is 265 g/mol. The van der Waals surface area contributed by atoms with Crippen LogP contribution >= 0.6 is 0 Å². The first-order valence-corrected chi connectivity index (χ1v) is 7.33. The summed E-state index contributed by atoms with van der Waals surface area (Å²) in [6.45, 7) is 6.84. The largest absolute Gasteiger partial charge is 0.494 e. The van der Waals surface area contributed by atoms with E-state index in [2.05, 4.69) is 19.2 Å². The molecule has 112 valence electrons. The summed E-state index contributed by atoms with van der Waals surface area (Å²) in [6.07, 6.45) is 0.854. The highest BCUT2D eigenvalue weighted by atomic mass is 19.1. The number of aryl methyl sites for hydroxylation is 1. The van der Waals surface area contributed by atoms with Crippen molar-refractivity contribution in [3.05, 3.63) is 59.4 Å². The van der Waals surface area contributed by atoms with Crippen molar-refractivity contribution in [3.8, 4) is 5.75 Å². The number of rotatable bonds is 6. The van der Waals surface area contributed by atoms with Gasteiger partial charge in [0.25, 0.3) is 0 Å². The highest BCUT2D eigenvalue weighted by molar-refractivity contribution is 5.54. The maximum absolute atomic E-state index is 12.9. The van der Waals surface area contributed by atoms with Gasteiger partial charge in [0.1, 0.15) is 11.6 Å². The summed E-state index contributed by atoms with van der Waals surface area (Å²) < 4.78 is 18.4. The second kappa shape index (κ2) is 7.11. The summed E-state index contributed by atoms with van der Waals surface area (Å²) in [7, 11) is 0. The van der Waals surface area contributed by atoms with Gasteiger partial charge in [-0.15, -0.1) is 0 Å². The van der Waals surface area contributed by atoms with E-state index >= 15 is 0 Å². The first kappa shape index (κ1) is 15.4. The molecule has 3 heteroatoms. The van der Waals surface area contributed by atoms with E-state index < -0.39 is 0 Å². The van der Waals surface area contributed by atoms with Crippen molar-refractivity contribution in [3.63, 3.8) is 0 Å². The van der Waals surface area contributed by atoms with Gasteiger partial charge in [0.15, 0.2) is 0 Å². The lowest BCUT2D eigenvalue weighted by Gasteiger charge is -2.18. The standard InChI is InChI=1S/C18H22FNO/c1-4-21-17-9-10-18(13(2)11-17)20-14(3)12-15-5-7-16(19)8-6-15/h5-11,14,20H,4,12H2,1-3H3. The SMILES string of the molecule is CCOc1ccc(NC(C)Cc2ccc(F)cc2)c(C)c1. The van der Waals surface area contributed by atoms with E-state index in [-0.39, 0.29) is 11.9 Å². The third-order valence-corrected chi connectivity index (χ3v) is 3.37. The summed E-state index contributed by atoms with van der Waals surface area (Å²) in [5.74, 6) is 0.702. The fourth-order valence-corrected chi connectivity index (χ4v) is 2.35. The molecule has 0 aliphatic rings. The Morgan fingerprint density at radius 2 is 1.86 bits per heavy atom. The van der Waals surface area contributed by atoms with Gasteiger partial charge < -0.3 is 10.1 Å². The first-order valence-electron chi connectivity index (χ1n) is 7.33. The van der Waals surface area contributed by atoms with Gasteiger partial charge >= 0.3 is 0 Å². The third kappa shape index (κ3) is 4.48. The number of ether oxygens (including phenoxy) is 1. The Hall–Kier alpha value is -2.03. The minimum Gasteiger partial charge on any atom is -0.494 e. The van der Waals surface area contributed by atoms with Crippen molar-refractivity contribution in [2.24, 2.45) is 0 Å². The molecule has 0 aliphatic carbocycles. The average Bonchev–Trinajstić information content (AvgIpc) is 2.45. The molecule has 21 heavy (non-hydrogen) atoms. The van der Waals surface area contributed by atoms with Gasteiger partial charge in [-0.05, 0) is 68.7 Å². The molecule has 1 unspecified atom stereocenters. The minimum atomic E-state index is -0.193. The molecule has 0 aliphatic heterocycles. The highest BCUT2D eigenvalue weighted by Gasteiger charge is 2.07. The van der Waals surface area contributed by atoms with Crippen molar-refractivity contribution >= 4 is 5.69 Å². The summed E-state index contributed by atoms with van der Waals surface area (Å²) >= 11 is 0. The van der Waals surface area contributed by atoms with E-state index in [1.54, 1.807) is 0 Å². The van der Waals surface area contributed by atoms with Crippen LogP contribution in [0.4, 0.5) is 10.1 Å². The van der Waals surface area contributed by atoms with Crippen LogP contribution in [0.25, 0.3) is 0 Å². The normalized spacial score (nSPS) is 12.0. The molecule has 0 heterocycles. The number of anilines is 1. The number of hydrogen-bond acceptors (Lipinski definition) is 2. The molecule has 0 spiro atoms. The predicted octanol–water partition coefficient (Wildman–Crippen LogP) is 4.58. The Morgan fingerprint density at radius 3 is 2.48 bits per heavy atom. The maximum atomic E-state index is 12.9. The highest BCUT2D eigenvalue weighted by Crippen LogP contribution is 2.22. The Labute approximate surface area is 126 Å². The summed E-state index contributed by atoms with van der Waals surface area (Å²) in [4.78, 5) is 0. The average molecular weight is 287 g/mol. The van der Waals surface area contributed by atoms with E-state index in [1.165, 1.54) is 12.1 Å². The van der Waals surface area contributed by atoms with Crippen LogP contribution in [0.2, 0.25) is 0 Å². The second-order valence-corrected chi connectivity index (χ2v) is 5.29. The van der Waals surface area contributed by atoms with Gasteiger partial charge in [0.05, 0.1) is 6.61 Å². The maximum Gasteiger partial charge on any atom is 0.123 e. The van der Waals surface area contributed by atoms with Gasteiger partial charge in [0.2, 0.25) is 0 Å². The molecule has 0 bridgehead atoms. The zero-order valence-electron chi connectivity index (χ0n) is 12.8. The van der Waals surface area contributed by atoms with Crippen LogP contribution in [-0.4, -0.2) is 12.6 Å². The number of benzene rings is 2. The molecule has 0 aromatic heterocycles. The fraction of sp³-hybridized carbons (Fsp3) is 0.333. The topological polar surface area (TPSA) is 21.3 Å². The quantitative estimate of drug-likeness (QED) is 0.840. The van der Waals surface area contributed by atoms with Crippen LogP contribution in [0.5, 0.6) is 5.75 Å². The van der Waals surface area contributed by atoms with Crippen LogP contribution in [0.15, 0.2) is 42.5 Å². The summed E-state index contributed by atoms with van der Waals surface area (Å²) in [5.41, 5.74) is 3.39. The molecule has 0 fully saturated rings. The third-order valence-electron chi connectivity index (χ3n) is 3.37. The number of hydrogen-bond donors (Lipinski definition) is 1. The van der Waals surface area contributed by atoms with Crippen molar-refractivity contribution < 1.29 is 9.13 Å². The molecule has 2 aromatic carbocycles. The molecular formula is C18H22FNO. The van der Waals surface area contributed by atoms with Crippen molar-refractivity contribution in [2.75, 3.05) is 11.9 Å². The van der Waals surface area contributed by atoms with Gasteiger partial charge in [-0.25, -0.2) is 4.39 Å². The molecule has 2 rings (SSSR count). The van der Waals surface area contributed by atoms with E-state index in [9.17, 15) is 4.39 Å². The zero-order chi connectivity index (χ0) is 15.2. The first-order chi connectivity index (χ1) is 10.1. The van der Waals surface area contributed by atoms with Gasteiger partial charge in [0, 0.05) is 11.7 Å². The molecule has 0 saturated heterocycles. The molecule has 1 N–H and O–H groups in total. The minimum absolute atomic E-state index is 0.193. The van der Waals surface area contributed by atoms with Crippen LogP contribution < -0.4 is 10.1 Å². The van der Waals surface area contributed by atoms with Crippen LogP contribution in [0.1, 0.15) is 25.0 Å². The smallest absolute Gasteiger partial charge is 0.123 e. The molecule has 2 nitrogen and oxygen atoms in total. The molecule has 0 saturated carbocycles. The Bertz CT molecular complexity index is 580. The lowest BCUT2D eigenvalue weighted by atomic mass is 10.1. The zero-order valence-corrected chi connectivity index (χ0v) is 12.8. The van der Waals surface area contributed by atoms with Crippen molar-refractivity contribution in [2.45, 2.75) is 33.2 Å². The molecule has 0 radical (unpaired) electrons. The Kier molecular flexibility index (Phi) is 5.20. The van der Waals surface area contributed by atoms with E-state index in [1.807, 2.05) is 37.3 Å². The van der Waals surface area contributed by atoms with Crippen LogP contribution in [0.3, 0.4) is 0 Å². The van der Waals surface area contributed by atoms with E-state index in [0.29, 0.717) is 6.61 Å². The van der Waals surface area contributed by atoms with Crippen molar-refractivity contribution in [1.82, 2.24) is 0 Å². The summed E-state index contributed by atoms with van der Waals surface area (Å²) in [5, 5.41) is 3.49. The summed E-state index contributed by atoms with van der Waals surface area (Å²) in [6, 6.07) is 13.0. The Morgan fingerprint density at radius 1 is 1.14 bits per heavy atom.